The molecule has 0 atom stereocenters. The van der Waals surface area contributed by atoms with Gasteiger partial charge in [-0.2, -0.15) is 4.98 Å². The highest BCUT2D eigenvalue weighted by atomic mass is 16.6. The van der Waals surface area contributed by atoms with Gasteiger partial charge in [-0.1, -0.05) is 65.3 Å². The number of esters is 1. The Labute approximate surface area is 139 Å². The van der Waals surface area contributed by atoms with Crippen LogP contribution in [0.15, 0.2) is 65.2 Å². The second-order valence-corrected chi connectivity index (χ2v) is 5.23. The zero-order valence-corrected chi connectivity index (χ0v) is 13.2. The van der Waals surface area contributed by atoms with Crippen molar-refractivity contribution < 1.29 is 14.1 Å². The first-order chi connectivity index (χ1) is 11.7. The van der Waals surface area contributed by atoms with Gasteiger partial charge in [0.2, 0.25) is 5.82 Å². The molecule has 0 fully saturated rings. The predicted octanol–water partition coefficient (Wildman–Crippen LogP) is 3.80. The lowest BCUT2D eigenvalue weighted by molar-refractivity contribution is -0.139. The van der Waals surface area contributed by atoms with E-state index in [-0.39, 0.29) is 12.5 Å². The molecule has 0 saturated carbocycles. The summed E-state index contributed by atoms with van der Waals surface area (Å²) in [6, 6.07) is 17.3. The minimum atomic E-state index is -0.462. The van der Waals surface area contributed by atoms with Crippen LogP contribution in [0.5, 0.6) is 0 Å². The number of hydrogen-bond acceptors (Lipinski definition) is 5. The molecule has 120 valence electrons. The molecule has 1 aromatic heterocycles. The van der Waals surface area contributed by atoms with E-state index in [0.29, 0.717) is 5.82 Å². The molecule has 0 aliphatic carbocycles. The van der Waals surface area contributed by atoms with E-state index >= 15 is 0 Å². The van der Waals surface area contributed by atoms with E-state index in [2.05, 4.69) is 10.1 Å². The van der Waals surface area contributed by atoms with Gasteiger partial charge in [0.1, 0.15) is 0 Å². The summed E-state index contributed by atoms with van der Waals surface area (Å²) in [5, 5.41) is 3.87. The Kier molecular flexibility index (Phi) is 4.81. The van der Waals surface area contributed by atoms with Gasteiger partial charge in [0.25, 0.3) is 5.89 Å². The van der Waals surface area contributed by atoms with Crippen LogP contribution in [0.4, 0.5) is 0 Å². The molecular weight excluding hydrogens is 304 g/mol. The summed E-state index contributed by atoms with van der Waals surface area (Å²) >= 11 is 0. The number of hydrogen-bond donors (Lipinski definition) is 0. The topological polar surface area (TPSA) is 65.2 Å². The average molecular weight is 320 g/mol. The minimum Gasteiger partial charge on any atom is -0.452 e. The largest absolute Gasteiger partial charge is 0.452 e. The van der Waals surface area contributed by atoms with Crippen LogP contribution >= 0.6 is 0 Å². The fourth-order valence-corrected chi connectivity index (χ4v) is 2.14. The average Bonchev–Trinajstić information content (AvgIpc) is 3.08. The van der Waals surface area contributed by atoms with Crippen LogP contribution in [0.2, 0.25) is 0 Å². The summed E-state index contributed by atoms with van der Waals surface area (Å²) in [5.41, 5.74) is 2.92. The fourth-order valence-electron chi connectivity index (χ4n) is 2.14. The molecule has 5 heteroatoms. The lowest BCUT2D eigenvalue weighted by Crippen LogP contribution is -2.01. The number of ether oxygens (including phenoxy) is 1. The Morgan fingerprint density at radius 3 is 2.79 bits per heavy atom. The maximum Gasteiger partial charge on any atom is 0.331 e. The molecule has 24 heavy (non-hydrogen) atoms. The van der Waals surface area contributed by atoms with Crippen molar-refractivity contribution in [3.05, 3.63) is 77.7 Å². The quantitative estimate of drug-likeness (QED) is 0.528. The van der Waals surface area contributed by atoms with Gasteiger partial charge in [-0.15, -0.1) is 0 Å². The zero-order chi connectivity index (χ0) is 16.8. The monoisotopic (exact) mass is 320 g/mol. The Balaban J connectivity index is 1.56. The van der Waals surface area contributed by atoms with Gasteiger partial charge in [-0.3, -0.25) is 0 Å². The molecule has 0 radical (unpaired) electrons. The fraction of sp³-hybridized carbons (Fsp3) is 0.105. The summed E-state index contributed by atoms with van der Waals surface area (Å²) in [7, 11) is 0. The summed E-state index contributed by atoms with van der Waals surface area (Å²) in [5.74, 6) is 0.263. The number of aromatic nitrogens is 2. The molecule has 5 nitrogen and oxygen atoms in total. The molecule has 3 rings (SSSR count). The Morgan fingerprint density at radius 2 is 2.00 bits per heavy atom. The molecule has 0 bridgehead atoms. The van der Waals surface area contributed by atoms with Gasteiger partial charge in [0.15, 0.2) is 6.61 Å². The third-order valence-corrected chi connectivity index (χ3v) is 3.29. The molecule has 0 aliphatic heterocycles. The number of carbonyl (C=O) groups excluding carboxylic acids is 1. The Hall–Kier alpha value is -3.21. The minimum absolute atomic E-state index is 0.0587. The standard InChI is InChI=1S/C19H16N2O3/c1-14-6-5-7-15(12-14)10-11-18(22)23-13-17-20-19(21-24-17)16-8-3-2-4-9-16/h2-12H,13H2,1H3/b11-10-. The summed E-state index contributed by atoms with van der Waals surface area (Å²) in [4.78, 5) is 16.0. The van der Waals surface area contributed by atoms with E-state index in [1.807, 2.05) is 61.5 Å². The summed E-state index contributed by atoms with van der Waals surface area (Å²) in [6.45, 7) is 1.94. The first kappa shape index (κ1) is 15.7. The lowest BCUT2D eigenvalue weighted by Gasteiger charge is -1.97. The van der Waals surface area contributed by atoms with Crippen LogP contribution in [0, 0.1) is 6.92 Å². The van der Waals surface area contributed by atoms with Crippen molar-refractivity contribution in [1.29, 1.82) is 0 Å². The van der Waals surface area contributed by atoms with Crippen LogP contribution in [-0.2, 0) is 16.1 Å². The second kappa shape index (κ2) is 7.37. The van der Waals surface area contributed by atoms with Crippen LogP contribution < -0.4 is 0 Å². The van der Waals surface area contributed by atoms with Crippen molar-refractivity contribution in [2.75, 3.05) is 0 Å². The van der Waals surface area contributed by atoms with Gasteiger partial charge in [0.05, 0.1) is 0 Å². The normalized spacial score (nSPS) is 10.9. The number of aryl methyl sites for hydroxylation is 1. The Bertz CT molecular complexity index is 854. The van der Waals surface area contributed by atoms with Gasteiger partial charge in [-0.05, 0) is 18.6 Å². The predicted molar refractivity (Wildman–Crippen MR) is 89.7 cm³/mol. The van der Waals surface area contributed by atoms with Crippen molar-refractivity contribution in [2.45, 2.75) is 13.5 Å². The SMILES string of the molecule is Cc1cccc(/C=C\C(=O)OCc2nc(-c3ccccc3)no2)c1. The number of benzene rings is 2. The molecule has 1 heterocycles. The van der Waals surface area contributed by atoms with Gasteiger partial charge in [0, 0.05) is 11.6 Å². The van der Waals surface area contributed by atoms with Crippen LogP contribution in [0.3, 0.4) is 0 Å². The molecule has 0 amide bonds. The smallest absolute Gasteiger partial charge is 0.331 e. The van der Waals surface area contributed by atoms with Gasteiger partial charge < -0.3 is 9.26 Å². The third kappa shape index (κ3) is 4.16. The number of nitrogens with zero attached hydrogens (tertiary/aromatic N) is 2. The molecule has 0 saturated heterocycles. The molecule has 0 N–H and O–H groups in total. The van der Waals surface area contributed by atoms with Crippen molar-refractivity contribution in [3.8, 4) is 11.4 Å². The first-order valence-corrected chi connectivity index (χ1v) is 7.50. The number of rotatable bonds is 5. The van der Waals surface area contributed by atoms with Crippen molar-refractivity contribution in [2.24, 2.45) is 0 Å². The van der Waals surface area contributed by atoms with Crippen molar-refractivity contribution >= 4 is 12.0 Å². The zero-order valence-electron chi connectivity index (χ0n) is 13.2. The second-order valence-electron chi connectivity index (χ2n) is 5.23. The van der Waals surface area contributed by atoms with Crippen LogP contribution in [-0.4, -0.2) is 16.1 Å². The van der Waals surface area contributed by atoms with E-state index < -0.39 is 5.97 Å². The molecule has 3 aromatic rings. The highest BCUT2D eigenvalue weighted by Crippen LogP contribution is 2.15. The van der Waals surface area contributed by atoms with E-state index in [9.17, 15) is 4.79 Å². The molecule has 0 spiro atoms. The van der Waals surface area contributed by atoms with Crippen LogP contribution in [0.1, 0.15) is 17.0 Å². The van der Waals surface area contributed by atoms with Crippen LogP contribution in [0.25, 0.3) is 17.5 Å². The van der Waals surface area contributed by atoms with Gasteiger partial charge >= 0.3 is 5.97 Å². The van der Waals surface area contributed by atoms with E-state index in [4.69, 9.17) is 9.26 Å². The highest BCUT2D eigenvalue weighted by molar-refractivity contribution is 5.87. The molecular formula is C19H16N2O3. The maximum atomic E-state index is 11.8. The van der Waals surface area contributed by atoms with E-state index in [1.165, 1.54) is 6.08 Å². The van der Waals surface area contributed by atoms with E-state index in [0.717, 1.165) is 16.7 Å². The highest BCUT2D eigenvalue weighted by Gasteiger charge is 2.09. The van der Waals surface area contributed by atoms with Crippen molar-refractivity contribution in [1.82, 2.24) is 10.1 Å². The third-order valence-electron chi connectivity index (χ3n) is 3.29. The van der Waals surface area contributed by atoms with Gasteiger partial charge in [-0.25, -0.2) is 4.79 Å². The molecule has 0 aliphatic rings. The first-order valence-electron chi connectivity index (χ1n) is 7.50. The van der Waals surface area contributed by atoms with Crippen molar-refractivity contribution in [3.63, 3.8) is 0 Å². The summed E-state index contributed by atoms with van der Waals surface area (Å²) < 4.78 is 10.2. The Morgan fingerprint density at radius 1 is 1.17 bits per heavy atom. The lowest BCUT2D eigenvalue weighted by atomic mass is 10.1. The number of carbonyl (C=O) groups is 1. The molecule has 0 unspecified atom stereocenters. The maximum absolute atomic E-state index is 11.8. The summed E-state index contributed by atoms with van der Waals surface area (Å²) in [6.07, 6.45) is 3.09. The van der Waals surface area contributed by atoms with E-state index in [1.54, 1.807) is 6.08 Å². The molecule has 2 aromatic carbocycles.